The molecule has 3 rings (SSSR count). The van der Waals surface area contributed by atoms with Gasteiger partial charge in [-0.3, -0.25) is 4.79 Å². The monoisotopic (exact) mass is 342 g/mol. The number of Topliss-reactive ketones (excluding diaryl/α,β-unsaturated/α-hetero) is 1. The Morgan fingerprint density at radius 2 is 1.80 bits per heavy atom. The third-order valence-corrected chi connectivity index (χ3v) is 5.63. The number of carbonyl (C=O) groups is 1. The maximum absolute atomic E-state index is 13.0. The summed E-state index contributed by atoms with van der Waals surface area (Å²) in [5, 5.41) is 5.11. The number of carbonyl (C=O) groups excluding carboxylic acids is 1. The van der Waals surface area contributed by atoms with E-state index in [4.69, 9.17) is 11.6 Å². The lowest BCUT2D eigenvalue weighted by Gasteiger charge is -2.43. The van der Waals surface area contributed by atoms with E-state index in [1.54, 1.807) is 5.01 Å². The zero-order chi connectivity index (χ0) is 18.7. The molecule has 0 saturated heterocycles. The average molecular weight is 342 g/mol. The number of ketones is 1. The molecule has 0 bridgehead atoms. The van der Waals surface area contributed by atoms with Crippen molar-refractivity contribution in [1.82, 2.24) is 5.01 Å². The van der Waals surface area contributed by atoms with Gasteiger partial charge in [-0.25, -0.2) is 5.84 Å². The molecule has 1 aliphatic carbocycles. The highest BCUT2D eigenvalue weighted by Crippen LogP contribution is 2.47. The number of nitrogens with zero attached hydrogens (tertiary/aromatic N) is 1. The second kappa shape index (κ2) is 5.49. The van der Waals surface area contributed by atoms with Crippen LogP contribution in [0.3, 0.4) is 0 Å². The van der Waals surface area contributed by atoms with Gasteiger partial charge in [0.25, 0.3) is 0 Å². The number of benzene rings is 1. The summed E-state index contributed by atoms with van der Waals surface area (Å²) in [7, 11) is 1.81. The molecule has 1 aromatic carbocycles. The standard InChI is InChI=1S/C20H30N4O/c1-11(21)17(24(6)22)14-10-15-16(13-9-7-8-12(13)14)23-20(4,5)18(25)19(15,2)3/h10,23H,7-9,21-22H2,1-6H3/b17-11-. The Hall–Kier alpha value is -2.01. The minimum Gasteiger partial charge on any atom is -0.401 e. The summed E-state index contributed by atoms with van der Waals surface area (Å²) in [6.07, 6.45) is 3.14. The molecule has 0 spiro atoms. The van der Waals surface area contributed by atoms with Crippen LogP contribution in [0.15, 0.2) is 11.8 Å². The van der Waals surface area contributed by atoms with Crippen molar-refractivity contribution in [3.05, 3.63) is 34.0 Å². The quantitative estimate of drug-likeness (QED) is 0.568. The van der Waals surface area contributed by atoms with E-state index in [2.05, 4.69) is 11.4 Å². The van der Waals surface area contributed by atoms with Crippen molar-refractivity contribution in [2.45, 2.75) is 64.8 Å². The normalized spacial score (nSPS) is 21.2. The Morgan fingerprint density at radius 3 is 2.36 bits per heavy atom. The molecule has 0 fully saturated rings. The topological polar surface area (TPSA) is 84.4 Å². The Morgan fingerprint density at radius 1 is 1.20 bits per heavy atom. The van der Waals surface area contributed by atoms with Crippen LogP contribution in [-0.2, 0) is 23.1 Å². The second-order valence-electron chi connectivity index (χ2n) is 8.50. The fourth-order valence-electron chi connectivity index (χ4n) is 4.58. The van der Waals surface area contributed by atoms with Crippen molar-refractivity contribution in [1.29, 1.82) is 0 Å². The van der Waals surface area contributed by atoms with E-state index in [0.29, 0.717) is 5.70 Å². The summed E-state index contributed by atoms with van der Waals surface area (Å²) in [5.74, 6) is 6.29. The van der Waals surface area contributed by atoms with Crippen LogP contribution in [0.25, 0.3) is 5.70 Å². The SMILES string of the molecule is C/C(N)=C(\c1cc2c(c3c1CCC3)NC(C)(C)C(=O)C2(C)C)N(C)N. The lowest BCUT2D eigenvalue weighted by atomic mass is 9.68. The van der Waals surface area contributed by atoms with E-state index in [-0.39, 0.29) is 5.78 Å². The number of rotatable bonds is 2. The smallest absolute Gasteiger partial charge is 0.167 e. The third kappa shape index (κ3) is 2.53. The maximum Gasteiger partial charge on any atom is 0.167 e. The van der Waals surface area contributed by atoms with Crippen LogP contribution in [0.5, 0.6) is 0 Å². The zero-order valence-corrected chi connectivity index (χ0v) is 16.2. The number of allylic oxidation sites excluding steroid dienone is 1. The van der Waals surface area contributed by atoms with E-state index in [1.807, 2.05) is 41.7 Å². The molecule has 1 aliphatic heterocycles. The maximum atomic E-state index is 13.0. The minimum atomic E-state index is -0.568. The average Bonchev–Trinajstić information content (AvgIpc) is 2.96. The van der Waals surface area contributed by atoms with Gasteiger partial charge in [0.2, 0.25) is 0 Å². The summed E-state index contributed by atoms with van der Waals surface area (Å²) in [6.45, 7) is 9.85. The van der Waals surface area contributed by atoms with E-state index in [1.165, 1.54) is 11.1 Å². The predicted molar refractivity (Wildman–Crippen MR) is 103 cm³/mol. The minimum absolute atomic E-state index is 0.201. The fraction of sp³-hybridized carbons (Fsp3) is 0.550. The second-order valence-corrected chi connectivity index (χ2v) is 8.50. The number of hydrazine groups is 1. The molecule has 25 heavy (non-hydrogen) atoms. The molecule has 5 nitrogen and oxygen atoms in total. The van der Waals surface area contributed by atoms with Crippen LogP contribution in [0, 0.1) is 0 Å². The number of hydrogen-bond acceptors (Lipinski definition) is 5. The molecular weight excluding hydrogens is 312 g/mol. The highest BCUT2D eigenvalue weighted by molar-refractivity contribution is 6.03. The van der Waals surface area contributed by atoms with Gasteiger partial charge in [0, 0.05) is 24.0 Å². The summed E-state index contributed by atoms with van der Waals surface area (Å²) in [6, 6.07) is 2.13. The first kappa shape index (κ1) is 17.8. The van der Waals surface area contributed by atoms with Crippen molar-refractivity contribution in [2.75, 3.05) is 12.4 Å². The molecule has 5 heteroatoms. The van der Waals surface area contributed by atoms with Crippen molar-refractivity contribution in [3.63, 3.8) is 0 Å². The van der Waals surface area contributed by atoms with E-state index < -0.39 is 11.0 Å². The fourth-order valence-corrected chi connectivity index (χ4v) is 4.58. The Bertz CT molecular complexity index is 783. The highest BCUT2D eigenvalue weighted by Gasteiger charge is 2.47. The summed E-state index contributed by atoms with van der Waals surface area (Å²) >= 11 is 0. The first-order chi connectivity index (χ1) is 11.5. The molecule has 0 aromatic heterocycles. The number of hydrogen-bond donors (Lipinski definition) is 3. The number of anilines is 1. The van der Waals surface area contributed by atoms with Crippen LogP contribution in [-0.4, -0.2) is 23.4 Å². The van der Waals surface area contributed by atoms with E-state index in [9.17, 15) is 4.79 Å². The number of nitrogens with two attached hydrogens (primary N) is 2. The van der Waals surface area contributed by atoms with Crippen LogP contribution in [0.2, 0.25) is 0 Å². The van der Waals surface area contributed by atoms with Gasteiger partial charge in [-0.1, -0.05) is 0 Å². The van der Waals surface area contributed by atoms with Gasteiger partial charge in [-0.2, -0.15) is 0 Å². The summed E-state index contributed by atoms with van der Waals surface area (Å²) < 4.78 is 0. The molecular formula is C20H30N4O. The third-order valence-electron chi connectivity index (χ3n) is 5.63. The van der Waals surface area contributed by atoms with Crippen molar-refractivity contribution < 1.29 is 4.79 Å². The highest BCUT2D eigenvalue weighted by atomic mass is 16.1. The summed E-state index contributed by atoms with van der Waals surface area (Å²) in [4.78, 5) is 13.0. The van der Waals surface area contributed by atoms with Gasteiger partial charge in [0.1, 0.15) is 0 Å². The predicted octanol–water partition coefficient (Wildman–Crippen LogP) is 2.68. The molecule has 0 unspecified atom stereocenters. The van der Waals surface area contributed by atoms with Crippen LogP contribution in [0.4, 0.5) is 5.69 Å². The van der Waals surface area contributed by atoms with Crippen molar-refractivity contribution in [3.8, 4) is 0 Å². The van der Waals surface area contributed by atoms with E-state index in [0.717, 1.165) is 41.8 Å². The molecule has 0 saturated carbocycles. The number of fused-ring (bicyclic) bond motifs is 3. The van der Waals surface area contributed by atoms with Gasteiger partial charge < -0.3 is 16.1 Å². The molecule has 5 N–H and O–H groups in total. The zero-order valence-electron chi connectivity index (χ0n) is 16.2. The van der Waals surface area contributed by atoms with Gasteiger partial charge in [-0.05, 0) is 76.6 Å². The van der Waals surface area contributed by atoms with Crippen LogP contribution < -0.4 is 16.9 Å². The molecule has 0 atom stereocenters. The van der Waals surface area contributed by atoms with Gasteiger partial charge in [0.15, 0.2) is 5.78 Å². The largest absolute Gasteiger partial charge is 0.401 e. The van der Waals surface area contributed by atoms with Gasteiger partial charge in [-0.15, -0.1) is 0 Å². The van der Waals surface area contributed by atoms with Crippen LogP contribution in [0.1, 0.15) is 63.3 Å². The first-order valence-corrected chi connectivity index (χ1v) is 8.96. The van der Waals surface area contributed by atoms with Crippen molar-refractivity contribution in [2.24, 2.45) is 11.6 Å². The summed E-state index contributed by atoms with van der Waals surface area (Å²) in [5.41, 5.74) is 12.4. The molecule has 0 amide bonds. The molecule has 1 aromatic rings. The van der Waals surface area contributed by atoms with Gasteiger partial charge >= 0.3 is 0 Å². The lowest BCUT2D eigenvalue weighted by Crippen LogP contribution is -2.54. The van der Waals surface area contributed by atoms with Crippen LogP contribution >= 0.6 is 0 Å². The van der Waals surface area contributed by atoms with E-state index >= 15 is 0 Å². The first-order valence-electron chi connectivity index (χ1n) is 8.96. The van der Waals surface area contributed by atoms with Crippen molar-refractivity contribution >= 4 is 17.2 Å². The number of nitrogens with one attached hydrogen (secondary N) is 1. The molecule has 1 heterocycles. The van der Waals surface area contributed by atoms with Gasteiger partial charge in [0.05, 0.1) is 16.7 Å². The Balaban J connectivity index is 2.35. The molecule has 0 radical (unpaired) electrons. The lowest BCUT2D eigenvalue weighted by molar-refractivity contribution is -0.127. The Labute approximate surface area is 150 Å². The molecule has 136 valence electrons. The Kier molecular flexibility index (Phi) is 3.91. The molecule has 2 aliphatic rings.